The van der Waals surface area contributed by atoms with Crippen molar-refractivity contribution in [3.8, 4) is 11.3 Å². The quantitative estimate of drug-likeness (QED) is 0.939. The summed E-state index contributed by atoms with van der Waals surface area (Å²) in [5.74, 6) is -0.488. The van der Waals surface area contributed by atoms with Crippen LogP contribution in [0.2, 0.25) is 0 Å². The van der Waals surface area contributed by atoms with E-state index >= 15 is 0 Å². The van der Waals surface area contributed by atoms with Crippen molar-refractivity contribution in [2.75, 3.05) is 0 Å². The topological polar surface area (TPSA) is 55.1 Å². The number of aromatic nitrogens is 2. The molecule has 4 nitrogen and oxygen atoms in total. The summed E-state index contributed by atoms with van der Waals surface area (Å²) in [7, 11) is 1.81. The van der Waals surface area contributed by atoms with Gasteiger partial charge in [0, 0.05) is 19.0 Å². The molecule has 0 fully saturated rings. The van der Waals surface area contributed by atoms with Crippen LogP contribution in [0.5, 0.6) is 0 Å². The van der Waals surface area contributed by atoms with Crippen molar-refractivity contribution in [1.29, 1.82) is 0 Å². The highest BCUT2D eigenvalue weighted by molar-refractivity contribution is 9.10. The SMILES string of the molecule is Cn1c(CCC(=O)O)nc(-c2ccc(F)cc2)c1Br. The molecule has 2 aromatic rings. The van der Waals surface area contributed by atoms with E-state index in [0.717, 1.165) is 10.2 Å². The van der Waals surface area contributed by atoms with E-state index < -0.39 is 5.97 Å². The van der Waals surface area contributed by atoms with E-state index in [1.54, 1.807) is 23.7 Å². The van der Waals surface area contributed by atoms with Gasteiger partial charge in [-0.2, -0.15) is 0 Å². The molecule has 19 heavy (non-hydrogen) atoms. The molecule has 0 saturated carbocycles. The van der Waals surface area contributed by atoms with Crippen LogP contribution in [0.25, 0.3) is 11.3 Å². The van der Waals surface area contributed by atoms with Crippen molar-refractivity contribution < 1.29 is 14.3 Å². The van der Waals surface area contributed by atoms with Gasteiger partial charge in [0.05, 0.1) is 6.42 Å². The van der Waals surface area contributed by atoms with E-state index in [2.05, 4.69) is 20.9 Å². The lowest BCUT2D eigenvalue weighted by Crippen LogP contribution is -2.03. The molecule has 0 aliphatic carbocycles. The van der Waals surface area contributed by atoms with Crippen LogP contribution in [0.3, 0.4) is 0 Å². The molecular formula is C13H12BrFN2O2. The molecule has 0 saturated heterocycles. The van der Waals surface area contributed by atoms with Crippen molar-refractivity contribution in [3.05, 3.63) is 40.5 Å². The van der Waals surface area contributed by atoms with Gasteiger partial charge in [0.2, 0.25) is 0 Å². The van der Waals surface area contributed by atoms with Crippen molar-refractivity contribution in [2.24, 2.45) is 7.05 Å². The normalized spacial score (nSPS) is 10.7. The van der Waals surface area contributed by atoms with E-state index in [4.69, 9.17) is 5.11 Å². The Labute approximate surface area is 118 Å². The van der Waals surface area contributed by atoms with Crippen LogP contribution < -0.4 is 0 Å². The summed E-state index contributed by atoms with van der Waals surface area (Å²) >= 11 is 3.42. The van der Waals surface area contributed by atoms with Crippen LogP contribution in [0.1, 0.15) is 12.2 Å². The maximum Gasteiger partial charge on any atom is 0.303 e. The van der Waals surface area contributed by atoms with Gasteiger partial charge in [0.1, 0.15) is 21.9 Å². The van der Waals surface area contributed by atoms with E-state index in [0.29, 0.717) is 17.9 Å². The average Bonchev–Trinajstić information content (AvgIpc) is 2.65. The third kappa shape index (κ3) is 3.01. The summed E-state index contributed by atoms with van der Waals surface area (Å²) < 4.78 is 15.4. The summed E-state index contributed by atoms with van der Waals surface area (Å²) in [6.07, 6.45) is 0.381. The number of benzene rings is 1. The van der Waals surface area contributed by atoms with Gasteiger partial charge in [0.25, 0.3) is 0 Å². The Morgan fingerprint density at radius 2 is 2.05 bits per heavy atom. The first-order chi connectivity index (χ1) is 8.99. The molecule has 0 aliphatic rings. The van der Waals surface area contributed by atoms with Gasteiger partial charge in [-0.25, -0.2) is 9.37 Å². The van der Waals surface area contributed by atoms with Crippen LogP contribution in [-0.4, -0.2) is 20.6 Å². The number of nitrogens with zero attached hydrogens (tertiary/aromatic N) is 2. The van der Waals surface area contributed by atoms with Gasteiger partial charge >= 0.3 is 5.97 Å². The number of halogens is 2. The van der Waals surface area contributed by atoms with E-state index in [1.807, 2.05) is 0 Å². The molecular weight excluding hydrogens is 315 g/mol. The zero-order valence-electron chi connectivity index (χ0n) is 10.2. The zero-order chi connectivity index (χ0) is 14.0. The van der Waals surface area contributed by atoms with Crippen LogP contribution in [-0.2, 0) is 18.3 Å². The minimum Gasteiger partial charge on any atom is -0.481 e. The van der Waals surface area contributed by atoms with Crippen LogP contribution in [0.15, 0.2) is 28.9 Å². The Morgan fingerprint density at radius 3 is 2.63 bits per heavy atom. The van der Waals surface area contributed by atoms with E-state index in [9.17, 15) is 9.18 Å². The minimum absolute atomic E-state index is 0.0279. The van der Waals surface area contributed by atoms with E-state index in [1.165, 1.54) is 12.1 Å². The molecule has 0 unspecified atom stereocenters. The minimum atomic E-state index is -0.859. The summed E-state index contributed by atoms with van der Waals surface area (Å²) in [4.78, 5) is 15.0. The van der Waals surface area contributed by atoms with Crippen LogP contribution in [0, 0.1) is 5.82 Å². The Kier molecular flexibility index (Phi) is 3.99. The number of carboxylic acids is 1. The van der Waals surface area contributed by atoms with Crippen LogP contribution in [0.4, 0.5) is 4.39 Å². The lowest BCUT2D eigenvalue weighted by molar-refractivity contribution is -0.137. The molecule has 1 heterocycles. The highest BCUT2D eigenvalue weighted by atomic mass is 79.9. The largest absolute Gasteiger partial charge is 0.481 e. The number of rotatable bonds is 4. The second kappa shape index (κ2) is 5.52. The fraction of sp³-hybridized carbons (Fsp3) is 0.231. The first kappa shape index (κ1) is 13.7. The maximum absolute atomic E-state index is 12.9. The van der Waals surface area contributed by atoms with E-state index in [-0.39, 0.29) is 12.2 Å². The van der Waals surface area contributed by atoms with Gasteiger partial charge in [-0.15, -0.1) is 0 Å². The number of aliphatic carboxylic acids is 1. The lowest BCUT2D eigenvalue weighted by atomic mass is 10.2. The number of carbonyl (C=O) groups is 1. The number of hydrogen-bond donors (Lipinski definition) is 1. The molecule has 6 heteroatoms. The first-order valence-electron chi connectivity index (χ1n) is 5.68. The zero-order valence-corrected chi connectivity index (χ0v) is 11.8. The Hall–Kier alpha value is -1.69. The average molecular weight is 327 g/mol. The number of aryl methyl sites for hydroxylation is 1. The lowest BCUT2D eigenvalue weighted by Gasteiger charge is -2.00. The smallest absolute Gasteiger partial charge is 0.303 e. The predicted octanol–water partition coefficient (Wildman–Crippen LogP) is 3.01. The van der Waals surface area contributed by atoms with Gasteiger partial charge in [-0.1, -0.05) is 0 Å². The molecule has 100 valence electrons. The van der Waals surface area contributed by atoms with Crippen molar-refractivity contribution in [3.63, 3.8) is 0 Å². The summed E-state index contributed by atoms with van der Waals surface area (Å²) in [5, 5.41) is 8.70. The van der Waals surface area contributed by atoms with Crippen LogP contribution >= 0.6 is 15.9 Å². The molecule has 1 aromatic carbocycles. The Balaban J connectivity index is 2.34. The molecule has 1 N–H and O–H groups in total. The summed E-state index contributed by atoms with van der Waals surface area (Å²) in [6, 6.07) is 6.02. The fourth-order valence-corrected chi connectivity index (χ4v) is 2.28. The number of hydrogen-bond acceptors (Lipinski definition) is 2. The van der Waals surface area contributed by atoms with Crippen molar-refractivity contribution in [2.45, 2.75) is 12.8 Å². The maximum atomic E-state index is 12.9. The third-order valence-electron chi connectivity index (χ3n) is 2.80. The molecule has 0 bridgehead atoms. The number of imidazole rings is 1. The van der Waals surface area contributed by atoms with Crippen molar-refractivity contribution in [1.82, 2.24) is 9.55 Å². The molecule has 0 spiro atoms. The molecule has 2 rings (SSSR count). The summed E-state index contributed by atoms with van der Waals surface area (Å²) in [6.45, 7) is 0. The third-order valence-corrected chi connectivity index (χ3v) is 3.71. The van der Waals surface area contributed by atoms with Gasteiger partial charge < -0.3 is 9.67 Å². The molecule has 0 atom stereocenters. The Morgan fingerprint density at radius 1 is 1.42 bits per heavy atom. The van der Waals surface area contributed by atoms with Gasteiger partial charge in [-0.3, -0.25) is 4.79 Å². The first-order valence-corrected chi connectivity index (χ1v) is 6.47. The molecule has 1 aromatic heterocycles. The number of carboxylic acid groups (broad SMARTS) is 1. The molecule has 0 aliphatic heterocycles. The Bertz CT molecular complexity index is 608. The fourth-order valence-electron chi connectivity index (χ4n) is 1.76. The monoisotopic (exact) mass is 326 g/mol. The van der Waals surface area contributed by atoms with Crippen molar-refractivity contribution >= 4 is 21.9 Å². The highest BCUT2D eigenvalue weighted by Gasteiger charge is 2.14. The molecule has 0 amide bonds. The predicted molar refractivity (Wildman–Crippen MR) is 72.3 cm³/mol. The van der Waals surface area contributed by atoms with Gasteiger partial charge in [0.15, 0.2) is 0 Å². The van der Waals surface area contributed by atoms with Gasteiger partial charge in [-0.05, 0) is 40.2 Å². The molecule has 0 radical (unpaired) electrons. The standard InChI is InChI=1S/C13H12BrFN2O2/c1-17-10(6-7-11(18)19)16-12(13(17)14)8-2-4-9(15)5-3-8/h2-5H,6-7H2,1H3,(H,18,19). The second-order valence-electron chi connectivity index (χ2n) is 4.13. The summed E-state index contributed by atoms with van der Waals surface area (Å²) in [5.41, 5.74) is 1.47. The highest BCUT2D eigenvalue weighted by Crippen LogP contribution is 2.28. The second-order valence-corrected chi connectivity index (χ2v) is 4.88.